The Morgan fingerprint density at radius 2 is 2.16 bits per heavy atom. The number of nitrogens with one attached hydrogen (secondary N) is 1. The third-order valence-electron chi connectivity index (χ3n) is 4.15. The van der Waals surface area contributed by atoms with Crippen molar-refractivity contribution in [3.05, 3.63) is 53.9 Å². The molecular formula is C18H21FN4O2. The van der Waals surface area contributed by atoms with E-state index in [0.717, 1.165) is 18.5 Å². The molecule has 7 heteroatoms. The van der Waals surface area contributed by atoms with Gasteiger partial charge in [-0.15, -0.1) is 0 Å². The van der Waals surface area contributed by atoms with Crippen LogP contribution in [0.25, 0.3) is 0 Å². The number of amides is 2. The number of hydrogen-bond donors (Lipinski definition) is 1. The van der Waals surface area contributed by atoms with E-state index < -0.39 is 0 Å². The van der Waals surface area contributed by atoms with Gasteiger partial charge in [0.15, 0.2) is 0 Å². The first kappa shape index (κ1) is 17.1. The minimum Gasteiger partial charge on any atom is -0.491 e. The number of benzene rings is 1. The van der Waals surface area contributed by atoms with Gasteiger partial charge in [-0.2, -0.15) is 0 Å². The number of aryl methyl sites for hydroxylation is 1. The Labute approximate surface area is 146 Å². The number of ether oxygens (including phenoxy) is 1. The van der Waals surface area contributed by atoms with Gasteiger partial charge in [-0.05, 0) is 50.1 Å². The summed E-state index contributed by atoms with van der Waals surface area (Å²) < 4.78 is 18.6. The lowest BCUT2D eigenvalue weighted by Crippen LogP contribution is -2.44. The Morgan fingerprint density at radius 1 is 1.36 bits per heavy atom. The van der Waals surface area contributed by atoms with Crippen LogP contribution in [0.1, 0.15) is 24.4 Å². The lowest BCUT2D eigenvalue weighted by Gasteiger charge is -2.25. The molecule has 1 aliphatic rings. The van der Waals surface area contributed by atoms with Crippen LogP contribution in [0.2, 0.25) is 0 Å². The normalized spacial score (nSPS) is 16.7. The van der Waals surface area contributed by atoms with Crippen LogP contribution < -0.4 is 10.1 Å². The van der Waals surface area contributed by atoms with Crippen molar-refractivity contribution in [3.63, 3.8) is 0 Å². The fraction of sp³-hybridized carbons (Fsp3) is 0.389. The highest BCUT2D eigenvalue weighted by atomic mass is 19.1. The van der Waals surface area contributed by atoms with Crippen molar-refractivity contribution >= 4 is 6.03 Å². The molecule has 0 aliphatic carbocycles. The molecule has 132 valence electrons. The molecule has 6 nitrogen and oxygen atoms in total. The predicted octanol–water partition coefficient (Wildman–Crippen LogP) is 2.68. The summed E-state index contributed by atoms with van der Waals surface area (Å²) in [5, 5.41) is 2.90. The molecule has 0 bridgehead atoms. The van der Waals surface area contributed by atoms with Gasteiger partial charge >= 0.3 is 6.03 Å². The summed E-state index contributed by atoms with van der Waals surface area (Å²) in [5.41, 5.74) is 0.777. The summed E-state index contributed by atoms with van der Waals surface area (Å²) in [5.74, 6) is 0.984. The van der Waals surface area contributed by atoms with E-state index >= 15 is 0 Å². The Bertz CT molecular complexity index is 723. The van der Waals surface area contributed by atoms with Gasteiger partial charge in [-0.3, -0.25) is 0 Å². The van der Waals surface area contributed by atoms with Crippen LogP contribution in [-0.4, -0.2) is 40.1 Å². The third-order valence-corrected chi connectivity index (χ3v) is 4.15. The zero-order valence-corrected chi connectivity index (χ0v) is 14.1. The zero-order chi connectivity index (χ0) is 17.6. The van der Waals surface area contributed by atoms with Crippen molar-refractivity contribution < 1.29 is 13.9 Å². The lowest BCUT2D eigenvalue weighted by atomic mass is 10.2. The molecule has 2 amide bonds. The van der Waals surface area contributed by atoms with Crippen molar-refractivity contribution in [3.8, 4) is 5.75 Å². The molecule has 1 aromatic heterocycles. The number of urea groups is 1. The summed E-state index contributed by atoms with van der Waals surface area (Å²) in [6.07, 6.45) is 3.51. The molecule has 3 rings (SSSR count). The van der Waals surface area contributed by atoms with E-state index in [-0.39, 0.29) is 17.9 Å². The van der Waals surface area contributed by atoms with Crippen LogP contribution in [0.3, 0.4) is 0 Å². The van der Waals surface area contributed by atoms with Gasteiger partial charge in [-0.1, -0.05) is 0 Å². The number of rotatable bonds is 5. The fourth-order valence-electron chi connectivity index (χ4n) is 2.87. The topological polar surface area (TPSA) is 67.4 Å². The van der Waals surface area contributed by atoms with E-state index in [0.29, 0.717) is 31.3 Å². The van der Waals surface area contributed by atoms with Crippen LogP contribution in [0.5, 0.6) is 5.75 Å². The average Bonchev–Trinajstić information content (AvgIpc) is 3.08. The number of halogens is 1. The average molecular weight is 344 g/mol. The van der Waals surface area contributed by atoms with Gasteiger partial charge in [0.2, 0.25) is 0 Å². The maximum Gasteiger partial charge on any atom is 0.318 e. The second kappa shape index (κ2) is 7.92. The van der Waals surface area contributed by atoms with E-state index in [4.69, 9.17) is 4.74 Å². The van der Waals surface area contributed by atoms with Crippen molar-refractivity contribution in [2.24, 2.45) is 0 Å². The quantitative estimate of drug-likeness (QED) is 0.905. The summed E-state index contributed by atoms with van der Waals surface area (Å²) >= 11 is 0. The Kier molecular flexibility index (Phi) is 5.42. The molecule has 0 spiro atoms. The van der Waals surface area contributed by atoms with E-state index in [1.165, 1.54) is 12.1 Å². The monoisotopic (exact) mass is 344 g/mol. The number of likely N-dealkylation sites (tertiary alicyclic amines) is 1. The first-order valence-electron chi connectivity index (χ1n) is 8.33. The molecule has 1 fully saturated rings. The number of hydrogen-bond acceptors (Lipinski definition) is 4. The van der Waals surface area contributed by atoms with E-state index in [2.05, 4.69) is 15.3 Å². The smallest absolute Gasteiger partial charge is 0.318 e. The van der Waals surface area contributed by atoms with Crippen LogP contribution in [0.15, 0.2) is 36.5 Å². The highest BCUT2D eigenvalue weighted by molar-refractivity contribution is 5.74. The van der Waals surface area contributed by atoms with Crippen LogP contribution >= 0.6 is 0 Å². The standard InChI is InChI=1S/C18H21FN4O2/c1-13-20-9-8-15(22-13)11-21-18(24)23-10-2-3-16(23)12-25-17-6-4-14(19)5-7-17/h4-9,16H,2-3,10-12H2,1H3,(H,21,24)/t16-/m0/s1. The van der Waals surface area contributed by atoms with Gasteiger partial charge in [0.1, 0.15) is 24.0 Å². The maximum atomic E-state index is 12.9. The molecule has 1 N–H and O–H groups in total. The van der Waals surface area contributed by atoms with Crippen LogP contribution in [0, 0.1) is 12.7 Å². The lowest BCUT2D eigenvalue weighted by molar-refractivity contribution is 0.165. The molecule has 1 saturated heterocycles. The number of carbonyl (C=O) groups is 1. The van der Waals surface area contributed by atoms with Crippen LogP contribution in [0.4, 0.5) is 9.18 Å². The van der Waals surface area contributed by atoms with Crippen molar-refractivity contribution in [2.75, 3.05) is 13.2 Å². The van der Waals surface area contributed by atoms with E-state index in [9.17, 15) is 9.18 Å². The summed E-state index contributed by atoms with van der Waals surface area (Å²) in [7, 11) is 0. The highest BCUT2D eigenvalue weighted by Gasteiger charge is 2.29. The predicted molar refractivity (Wildman–Crippen MR) is 90.6 cm³/mol. The van der Waals surface area contributed by atoms with Gasteiger partial charge in [0.05, 0.1) is 18.3 Å². The molecule has 0 radical (unpaired) electrons. The molecule has 1 aliphatic heterocycles. The first-order valence-corrected chi connectivity index (χ1v) is 8.33. The number of nitrogens with zero attached hydrogens (tertiary/aromatic N) is 3. The molecule has 25 heavy (non-hydrogen) atoms. The second-order valence-corrected chi connectivity index (χ2v) is 6.01. The second-order valence-electron chi connectivity index (χ2n) is 6.01. The highest BCUT2D eigenvalue weighted by Crippen LogP contribution is 2.19. The van der Waals surface area contributed by atoms with Gasteiger partial charge < -0.3 is 15.0 Å². The number of aromatic nitrogens is 2. The molecular weight excluding hydrogens is 323 g/mol. The Morgan fingerprint density at radius 3 is 2.92 bits per heavy atom. The minimum absolute atomic E-state index is 0.0113. The summed E-state index contributed by atoms with van der Waals surface area (Å²) in [4.78, 5) is 22.5. The van der Waals surface area contributed by atoms with Crippen LogP contribution in [-0.2, 0) is 6.54 Å². The summed E-state index contributed by atoms with van der Waals surface area (Å²) in [6.45, 7) is 3.27. The maximum absolute atomic E-state index is 12.9. The molecule has 2 heterocycles. The largest absolute Gasteiger partial charge is 0.491 e. The van der Waals surface area contributed by atoms with Gasteiger partial charge in [0, 0.05) is 12.7 Å². The molecule has 1 atom stereocenters. The first-order chi connectivity index (χ1) is 12.1. The van der Waals surface area contributed by atoms with Crippen molar-refractivity contribution in [1.82, 2.24) is 20.2 Å². The molecule has 1 aromatic carbocycles. The Hall–Kier alpha value is -2.70. The zero-order valence-electron chi connectivity index (χ0n) is 14.1. The summed E-state index contributed by atoms with van der Waals surface area (Å²) in [6, 6.07) is 7.57. The van der Waals surface area contributed by atoms with Crippen molar-refractivity contribution in [2.45, 2.75) is 32.4 Å². The molecule has 0 saturated carbocycles. The van der Waals surface area contributed by atoms with E-state index in [1.807, 2.05) is 6.92 Å². The number of carbonyl (C=O) groups excluding carboxylic acids is 1. The SMILES string of the molecule is Cc1nccc(CNC(=O)N2CCC[C@H]2COc2ccc(F)cc2)n1. The Balaban J connectivity index is 1.51. The van der Waals surface area contributed by atoms with Gasteiger partial charge in [-0.25, -0.2) is 19.2 Å². The third kappa shape index (κ3) is 4.65. The molecule has 0 unspecified atom stereocenters. The minimum atomic E-state index is -0.297. The van der Waals surface area contributed by atoms with Gasteiger partial charge in [0.25, 0.3) is 0 Å². The van der Waals surface area contributed by atoms with E-state index in [1.54, 1.807) is 29.3 Å². The fourth-order valence-corrected chi connectivity index (χ4v) is 2.87. The van der Waals surface area contributed by atoms with Crippen molar-refractivity contribution in [1.29, 1.82) is 0 Å². The molecule has 2 aromatic rings.